The third-order valence-electron chi connectivity index (χ3n) is 2.46. The maximum Gasteiger partial charge on any atom is 0.261 e. The number of nitrogens with two attached hydrogens (primary N) is 1. The second-order valence-electron chi connectivity index (χ2n) is 3.77. The smallest absolute Gasteiger partial charge is 0.261 e. The van der Waals surface area contributed by atoms with E-state index >= 15 is 0 Å². The molecule has 18 heavy (non-hydrogen) atoms. The third-order valence-corrected chi connectivity index (χ3v) is 2.46. The van der Waals surface area contributed by atoms with E-state index in [1.807, 2.05) is 13.8 Å². The summed E-state index contributed by atoms with van der Waals surface area (Å²) >= 11 is 0. The first-order valence-electron chi connectivity index (χ1n) is 5.77. The number of nitrogens with zero attached hydrogens (tertiary/aromatic N) is 2. The Morgan fingerprint density at radius 3 is 2.67 bits per heavy atom. The highest BCUT2D eigenvalue weighted by atomic mass is 19.3. The van der Waals surface area contributed by atoms with E-state index in [4.69, 9.17) is 10.6 Å². The third kappa shape index (κ3) is 4.15. The number of rotatable bonds is 7. The molecule has 0 spiro atoms. The van der Waals surface area contributed by atoms with Crippen molar-refractivity contribution >= 4 is 5.82 Å². The predicted molar refractivity (Wildman–Crippen MR) is 64.5 cm³/mol. The zero-order valence-corrected chi connectivity index (χ0v) is 10.5. The molecule has 0 unspecified atom stereocenters. The van der Waals surface area contributed by atoms with Crippen molar-refractivity contribution in [2.75, 3.05) is 18.6 Å². The molecule has 0 amide bonds. The Hall–Kier alpha value is -1.34. The van der Waals surface area contributed by atoms with Gasteiger partial charge in [0.1, 0.15) is 18.2 Å². The number of hydrogen-bond donors (Lipinski definition) is 2. The molecule has 0 radical (unpaired) electrons. The van der Waals surface area contributed by atoms with Gasteiger partial charge in [0.05, 0.1) is 6.61 Å². The maximum atomic E-state index is 11.9. The van der Waals surface area contributed by atoms with Crippen LogP contribution in [0, 0.1) is 6.92 Å². The number of alkyl halides is 2. The van der Waals surface area contributed by atoms with E-state index in [-0.39, 0.29) is 6.61 Å². The van der Waals surface area contributed by atoms with Crippen LogP contribution in [0.3, 0.4) is 0 Å². The van der Waals surface area contributed by atoms with Gasteiger partial charge >= 0.3 is 0 Å². The molecule has 0 aliphatic carbocycles. The monoisotopic (exact) mass is 260 g/mol. The molecule has 0 bridgehead atoms. The van der Waals surface area contributed by atoms with E-state index in [2.05, 4.69) is 15.4 Å². The van der Waals surface area contributed by atoms with Crippen molar-refractivity contribution in [3.8, 4) is 0 Å². The second kappa shape index (κ2) is 7.17. The summed E-state index contributed by atoms with van der Waals surface area (Å²) < 4.78 is 28.5. The van der Waals surface area contributed by atoms with Crippen molar-refractivity contribution < 1.29 is 13.5 Å². The van der Waals surface area contributed by atoms with Crippen LogP contribution in [0.5, 0.6) is 0 Å². The van der Waals surface area contributed by atoms with E-state index in [0.717, 1.165) is 17.7 Å². The average Bonchev–Trinajstić information content (AvgIpc) is 2.33. The maximum absolute atomic E-state index is 11.9. The van der Waals surface area contributed by atoms with Gasteiger partial charge in [-0.1, -0.05) is 6.92 Å². The Labute approximate surface area is 105 Å². The number of ether oxygens (including phenoxy) is 1. The molecule has 1 aromatic heterocycles. The number of aryl methyl sites for hydroxylation is 1. The molecule has 0 fully saturated rings. The molecule has 0 aliphatic rings. The van der Waals surface area contributed by atoms with E-state index in [1.54, 1.807) is 0 Å². The van der Waals surface area contributed by atoms with Crippen LogP contribution in [0.15, 0.2) is 0 Å². The molecule has 0 saturated heterocycles. The van der Waals surface area contributed by atoms with Crippen LogP contribution in [-0.4, -0.2) is 29.6 Å². The topological polar surface area (TPSA) is 73.1 Å². The van der Waals surface area contributed by atoms with Crippen molar-refractivity contribution in [1.82, 2.24) is 9.97 Å². The molecular weight excluding hydrogens is 242 g/mol. The summed E-state index contributed by atoms with van der Waals surface area (Å²) in [5.41, 5.74) is 4.32. The lowest BCUT2D eigenvalue weighted by atomic mass is 10.1. The summed E-state index contributed by atoms with van der Waals surface area (Å²) in [4.78, 5) is 8.52. The number of hydrogen-bond acceptors (Lipinski definition) is 5. The molecule has 1 rings (SSSR count). The molecule has 0 atom stereocenters. The van der Waals surface area contributed by atoms with Gasteiger partial charge in [-0.3, -0.25) is 0 Å². The predicted octanol–water partition coefficient (Wildman–Crippen LogP) is 1.46. The quantitative estimate of drug-likeness (QED) is 0.441. The van der Waals surface area contributed by atoms with Crippen molar-refractivity contribution in [2.45, 2.75) is 33.1 Å². The largest absolute Gasteiger partial charge is 0.375 e. The molecule has 1 aromatic rings. The lowest BCUT2D eigenvalue weighted by molar-refractivity contribution is 0.0183. The molecule has 0 aromatic carbocycles. The summed E-state index contributed by atoms with van der Waals surface area (Å²) in [6.45, 7) is 3.45. The van der Waals surface area contributed by atoms with Crippen LogP contribution < -0.4 is 11.3 Å². The van der Waals surface area contributed by atoms with Gasteiger partial charge in [-0.05, 0) is 13.3 Å². The van der Waals surface area contributed by atoms with Crippen molar-refractivity contribution in [2.24, 2.45) is 5.84 Å². The molecule has 3 N–H and O–H groups in total. The second-order valence-corrected chi connectivity index (χ2v) is 3.77. The van der Waals surface area contributed by atoms with Crippen molar-refractivity contribution in [3.05, 3.63) is 17.1 Å². The van der Waals surface area contributed by atoms with Crippen molar-refractivity contribution in [1.29, 1.82) is 0 Å². The highest BCUT2D eigenvalue weighted by Gasteiger charge is 2.09. The van der Waals surface area contributed by atoms with E-state index in [9.17, 15) is 8.78 Å². The highest BCUT2D eigenvalue weighted by molar-refractivity contribution is 5.45. The molecule has 1 heterocycles. The summed E-state index contributed by atoms with van der Waals surface area (Å²) in [7, 11) is 0. The minimum absolute atomic E-state index is 0.166. The zero-order valence-electron chi connectivity index (χ0n) is 10.5. The van der Waals surface area contributed by atoms with Crippen LogP contribution in [0.25, 0.3) is 0 Å². The number of nitrogens with one attached hydrogen (secondary N) is 1. The first kappa shape index (κ1) is 14.7. The van der Waals surface area contributed by atoms with Crippen LogP contribution >= 0.6 is 0 Å². The Kier molecular flexibility index (Phi) is 5.87. The molecular formula is C11H18F2N4O. The van der Waals surface area contributed by atoms with E-state index in [0.29, 0.717) is 18.1 Å². The fourth-order valence-electron chi connectivity index (χ4n) is 1.64. The van der Waals surface area contributed by atoms with Gasteiger partial charge < -0.3 is 10.2 Å². The zero-order chi connectivity index (χ0) is 13.5. The summed E-state index contributed by atoms with van der Waals surface area (Å²) in [5, 5.41) is 0. The van der Waals surface area contributed by atoms with Gasteiger partial charge in [-0.25, -0.2) is 24.6 Å². The Morgan fingerprint density at radius 1 is 1.39 bits per heavy atom. The van der Waals surface area contributed by atoms with Crippen LogP contribution in [-0.2, 0) is 17.6 Å². The lowest BCUT2D eigenvalue weighted by Gasteiger charge is -2.11. The summed E-state index contributed by atoms with van der Waals surface area (Å²) in [6.07, 6.45) is -1.30. The summed E-state index contributed by atoms with van der Waals surface area (Å²) in [6, 6.07) is 0. The highest BCUT2D eigenvalue weighted by Crippen LogP contribution is 2.16. The fraction of sp³-hybridized carbons (Fsp3) is 0.636. The lowest BCUT2D eigenvalue weighted by Crippen LogP contribution is -2.16. The minimum atomic E-state index is -2.45. The number of anilines is 1. The Balaban J connectivity index is 2.64. The first-order chi connectivity index (χ1) is 8.58. The number of aromatic nitrogens is 2. The first-order valence-corrected chi connectivity index (χ1v) is 5.77. The Bertz CT molecular complexity index is 388. The number of halogens is 2. The molecule has 5 nitrogen and oxygen atoms in total. The van der Waals surface area contributed by atoms with Gasteiger partial charge in [0, 0.05) is 17.7 Å². The van der Waals surface area contributed by atoms with Gasteiger partial charge in [0.2, 0.25) is 0 Å². The van der Waals surface area contributed by atoms with Crippen LogP contribution in [0.1, 0.15) is 24.0 Å². The Morgan fingerprint density at radius 2 is 2.11 bits per heavy atom. The van der Waals surface area contributed by atoms with Gasteiger partial charge in [0.25, 0.3) is 6.43 Å². The number of hydrazine groups is 1. The number of nitrogen functional groups attached to an aromatic ring is 1. The van der Waals surface area contributed by atoms with Crippen LogP contribution in [0.2, 0.25) is 0 Å². The normalized spacial score (nSPS) is 11.0. The van der Waals surface area contributed by atoms with Gasteiger partial charge in [-0.2, -0.15) is 0 Å². The SMILES string of the molecule is CCc1c(C)nc(CCOCC(F)F)nc1NN. The average molecular weight is 260 g/mol. The standard InChI is InChI=1S/C11H18F2N4O/c1-3-8-7(2)15-10(16-11(8)17-14)4-5-18-6-9(12)13/h9H,3-6,14H2,1-2H3,(H,15,16,17). The molecule has 0 aliphatic heterocycles. The van der Waals surface area contributed by atoms with Gasteiger partial charge in [-0.15, -0.1) is 0 Å². The van der Waals surface area contributed by atoms with Gasteiger partial charge in [0.15, 0.2) is 0 Å². The summed E-state index contributed by atoms with van der Waals surface area (Å²) in [5.74, 6) is 6.50. The van der Waals surface area contributed by atoms with E-state index < -0.39 is 13.0 Å². The molecule has 7 heteroatoms. The van der Waals surface area contributed by atoms with E-state index in [1.165, 1.54) is 0 Å². The fourth-order valence-corrected chi connectivity index (χ4v) is 1.64. The minimum Gasteiger partial charge on any atom is -0.375 e. The van der Waals surface area contributed by atoms with Crippen molar-refractivity contribution in [3.63, 3.8) is 0 Å². The molecule has 0 saturated carbocycles. The molecule has 102 valence electrons. The van der Waals surface area contributed by atoms with Crippen LogP contribution in [0.4, 0.5) is 14.6 Å².